The van der Waals surface area contributed by atoms with Crippen molar-refractivity contribution < 1.29 is 10.2 Å². The first kappa shape index (κ1) is 15.3. The van der Waals surface area contributed by atoms with E-state index in [1.54, 1.807) is 0 Å². The summed E-state index contributed by atoms with van der Waals surface area (Å²) in [6.07, 6.45) is 12.7. The van der Waals surface area contributed by atoms with Crippen molar-refractivity contribution in [1.29, 1.82) is 0 Å². The predicted octanol–water partition coefficient (Wildman–Crippen LogP) is 3.75. The van der Waals surface area contributed by atoms with Crippen LogP contribution in [0.15, 0.2) is 0 Å². The highest BCUT2D eigenvalue weighted by Crippen LogP contribution is 2.46. The highest BCUT2D eigenvalue weighted by molar-refractivity contribution is 4.91. The maximum absolute atomic E-state index is 10.0. The minimum absolute atomic E-state index is 0.166. The summed E-state index contributed by atoms with van der Waals surface area (Å²) in [5.74, 6) is 2.47. The zero-order valence-electron chi connectivity index (χ0n) is 12.6. The zero-order chi connectivity index (χ0) is 13.7. The van der Waals surface area contributed by atoms with Crippen molar-refractivity contribution in [2.45, 2.75) is 77.2 Å². The summed E-state index contributed by atoms with van der Waals surface area (Å²) in [4.78, 5) is 0. The molecule has 0 radical (unpaired) electrons. The molecule has 0 aromatic carbocycles. The lowest BCUT2D eigenvalue weighted by molar-refractivity contribution is -0.0485. The van der Waals surface area contributed by atoms with E-state index < -0.39 is 0 Å². The average Bonchev–Trinajstić information content (AvgIpc) is 2.43. The first-order valence-corrected chi connectivity index (χ1v) is 8.55. The Labute approximate surface area is 118 Å². The van der Waals surface area contributed by atoms with Gasteiger partial charge < -0.3 is 10.2 Å². The van der Waals surface area contributed by atoms with E-state index in [0.717, 1.165) is 18.3 Å². The second kappa shape index (κ2) is 7.64. The summed E-state index contributed by atoms with van der Waals surface area (Å²) < 4.78 is 0. The molecule has 2 nitrogen and oxygen atoms in total. The quantitative estimate of drug-likeness (QED) is 0.720. The highest BCUT2D eigenvalue weighted by Gasteiger charge is 2.41. The summed E-state index contributed by atoms with van der Waals surface area (Å²) in [7, 11) is 0. The third-order valence-electron chi connectivity index (χ3n) is 5.70. The first-order chi connectivity index (χ1) is 9.26. The summed E-state index contributed by atoms with van der Waals surface area (Å²) >= 11 is 0. The molecule has 5 atom stereocenters. The summed E-state index contributed by atoms with van der Waals surface area (Å²) in [5, 5.41) is 19.5. The van der Waals surface area contributed by atoms with Gasteiger partial charge in [0.25, 0.3) is 0 Å². The van der Waals surface area contributed by atoms with E-state index >= 15 is 0 Å². The summed E-state index contributed by atoms with van der Waals surface area (Å²) in [6, 6.07) is 0. The van der Waals surface area contributed by atoms with Crippen LogP contribution in [0.4, 0.5) is 0 Å². The molecule has 2 aliphatic carbocycles. The molecule has 0 saturated heterocycles. The van der Waals surface area contributed by atoms with Crippen molar-refractivity contribution in [2.75, 3.05) is 6.61 Å². The van der Waals surface area contributed by atoms with Gasteiger partial charge in [-0.3, -0.25) is 0 Å². The normalized spacial score (nSPS) is 39.0. The van der Waals surface area contributed by atoms with Crippen LogP contribution in [-0.4, -0.2) is 22.9 Å². The van der Waals surface area contributed by atoms with Gasteiger partial charge in [0.1, 0.15) is 0 Å². The van der Waals surface area contributed by atoms with Crippen LogP contribution >= 0.6 is 0 Å². The average molecular weight is 268 g/mol. The van der Waals surface area contributed by atoms with E-state index in [2.05, 4.69) is 6.92 Å². The zero-order valence-corrected chi connectivity index (χ0v) is 12.6. The van der Waals surface area contributed by atoms with Crippen LogP contribution in [0.25, 0.3) is 0 Å². The number of unbranched alkanes of at least 4 members (excludes halogenated alkanes) is 3. The van der Waals surface area contributed by atoms with Crippen LogP contribution in [0.2, 0.25) is 0 Å². The van der Waals surface area contributed by atoms with Gasteiger partial charge >= 0.3 is 0 Å². The first-order valence-electron chi connectivity index (χ1n) is 8.55. The SMILES string of the molecule is CCCCCC[C@@H]1CCC2[C@H](CC[C@H](O)[C@@H]2CO)C1. The molecule has 112 valence electrons. The van der Waals surface area contributed by atoms with Crippen molar-refractivity contribution in [3.8, 4) is 0 Å². The number of hydrogen-bond acceptors (Lipinski definition) is 2. The molecule has 2 fully saturated rings. The predicted molar refractivity (Wildman–Crippen MR) is 78.9 cm³/mol. The molecular formula is C17H32O2. The maximum atomic E-state index is 10.0. The maximum Gasteiger partial charge on any atom is 0.0593 e. The summed E-state index contributed by atoms with van der Waals surface area (Å²) in [5.41, 5.74) is 0. The van der Waals surface area contributed by atoms with Crippen LogP contribution in [0.1, 0.15) is 71.1 Å². The molecule has 2 heteroatoms. The van der Waals surface area contributed by atoms with E-state index in [4.69, 9.17) is 0 Å². The standard InChI is InChI=1S/C17H32O2/c1-2-3-4-5-6-13-7-9-15-14(11-13)8-10-17(19)16(15)12-18/h13-19H,2-12H2,1H3/t13-,14-,15?,16-,17+/m1/s1. The van der Waals surface area contributed by atoms with E-state index in [1.165, 1.54) is 57.8 Å². The Kier molecular flexibility index (Phi) is 6.15. The Balaban J connectivity index is 1.77. The fourth-order valence-corrected chi connectivity index (χ4v) is 4.54. The monoisotopic (exact) mass is 268 g/mol. The molecule has 0 aliphatic heterocycles. The molecule has 2 aliphatic rings. The van der Waals surface area contributed by atoms with Gasteiger partial charge in [-0.1, -0.05) is 45.4 Å². The van der Waals surface area contributed by atoms with Gasteiger partial charge in [0.15, 0.2) is 0 Å². The van der Waals surface area contributed by atoms with Gasteiger partial charge in [-0.25, -0.2) is 0 Å². The number of fused-ring (bicyclic) bond motifs is 1. The Bertz CT molecular complexity index is 254. The molecule has 0 amide bonds. The largest absolute Gasteiger partial charge is 0.396 e. The van der Waals surface area contributed by atoms with E-state index in [-0.39, 0.29) is 18.6 Å². The minimum atomic E-state index is -0.243. The molecule has 2 saturated carbocycles. The Morgan fingerprint density at radius 1 is 1.00 bits per heavy atom. The lowest BCUT2D eigenvalue weighted by Crippen LogP contribution is -2.42. The molecular weight excluding hydrogens is 236 g/mol. The van der Waals surface area contributed by atoms with Gasteiger partial charge in [-0.15, -0.1) is 0 Å². The Morgan fingerprint density at radius 2 is 1.84 bits per heavy atom. The lowest BCUT2D eigenvalue weighted by Gasteiger charge is -2.45. The molecule has 0 aromatic rings. The third kappa shape index (κ3) is 3.95. The van der Waals surface area contributed by atoms with Crippen LogP contribution in [0.5, 0.6) is 0 Å². The van der Waals surface area contributed by atoms with Crippen molar-refractivity contribution in [3.05, 3.63) is 0 Å². The van der Waals surface area contributed by atoms with Crippen LogP contribution < -0.4 is 0 Å². The molecule has 0 bridgehead atoms. The molecule has 0 aromatic heterocycles. The van der Waals surface area contributed by atoms with E-state index in [1.807, 2.05) is 0 Å². The van der Waals surface area contributed by atoms with Gasteiger partial charge in [0, 0.05) is 12.5 Å². The summed E-state index contributed by atoms with van der Waals surface area (Å²) in [6.45, 7) is 2.46. The topological polar surface area (TPSA) is 40.5 Å². The number of hydrogen-bond donors (Lipinski definition) is 2. The van der Waals surface area contributed by atoms with Crippen LogP contribution in [-0.2, 0) is 0 Å². The third-order valence-corrected chi connectivity index (χ3v) is 5.70. The molecule has 2 rings (SSSR count). The fourth-order valence-electron chi connectivity index (χ4n) is 4.54. The number of rotatable bonds is 6. The van der Waals surface area contributed by atoms with Gasteiger partial charge in [-0.05, 0) is 43.4 Å². The van der Waals surface area contributed by atoms with Gasteiger partial charge in [0.2, 0.25) is 0 Å². The highest BCUT2D eigenvalue weighted by atomic mass is 16.3. The van der Waals surface area contributed by atoms with Crippen molar-refractivity contribution in [1.82, 2.24) is 0 Å². The molecule has 2 N–H and O–H groups in total. The molecule has 19 heavy (non-hydrogen) atoms. The minimum Gasteiger partial charge on any atom is -0.396 e. The molecule has 0 heterocycles. The fraction of sp³-hybridized carbons (Fsp3) is 1.00. The van der Waals surface area contributed by atoms with Crippen molar-refractivity contribution in [2.24, 2.45) is 23.7 Å². The second-order valence-corrected chi connectivity index (χ2v) is 6.94. The van der Waals surface area contributed by atoms with Gasteiger partial charge in [-0.2, -0.15) is 0 Å². The van der Waals surface area contributed by atoms with Crippen molar-refractivity contribution >= 4 is 0 Å². The number of aliphatic hydroxyl groups is 2. The van der Waals surface area contributed by atoms with Crippen LogP contribution in [0.3, 0.4) is 0 Å². The van der Waals surface area contributed by atoms with Crippen LogP contribution in [0, 0.1) is 23.7 Å². The Morgan fingerprint density at radius 3 is 2.58 bits per heavy atom. The van der Waals surface area contributed by atoms with E-state index in [0.29, 0.717) is 5.92 Å². The second-order valence-electron chi connectivity index (χ2n) is 6.94. The van der Waals surface area contributed by atoms with Crippen molar-refractivity contribution in [3.63, 3.8) is 0 Å². The smallest absolute Gasteiger partial charge is 0.0593 e. The molecule has 1 unspecified atom stereocenters. The molecule has 0 spiro atoms. The van der Waals surface area contributed by atoms with E-state index in [9.17, 15) is 10.2 Å². The van der Waals surface area contributed by atoms with Gasteiger partial charge in [0.05, 0.1) is 6.10 Å². The number of aliphatic hydroxyl groups excluding tert-OH is 2. The Hall–Kier alpha value is -0.0800. The lowest BCUT2D eigenvalue weighted by atomic mass is 9.62.